The summed E-state index contributed by atoms with van der Waals surface area (Å²) in [7, 11) is 0. The molecule has 0 aromatic rings. The Labute approximate surface area is 164 Å². The van der Waals surface area contributed by atoms with Crippen molar-refractivity contribution in [2.75, 3.05) is 26.3 Å². The largest absolute Gasteiger partial charge is 0.463 e. The summed E-state index contributed by atoms with van der Waals surface area (Å²) in [4.78, 5) is 24.8. The van der Waals surface area contributed by atoms with Crippen LogP contribution in [0.25, 0.3) is 0 Å². The maximum absolute atomic E-state index is 12.1. The molecule has 5 atom stereocenters. The third-order valence-corrected chi connectivity index (χ3v) is 5.08. The van der Waals surface area contributed by atoms with Gasteiger partial charge < -0.3 is 40.2 Å². The Balaban J connectivity index is 1.67. The van der Waals surface area contributed by atoms with Crippen molar-refractivity contribution in [1.29, 1.82) is 0 Å². The molecule has 1 amide bonds. The summed E-state index contributed by atoms with van der Waals surface area (Å²) in [5.41, 5.74) is 5.85. The van der Waals surface area contributed by atoms with E-state index in [1.165, 1.54) is 6.92 Å². The lowest BCUT2D eigenvalue weighted by Crippen LogP contribution is -2.62. The second-order valence-electron chi connectivity index (χ2n) is 7.34. The Bertz CT molecular complexity index is 512. The number of hydrogen-bond donors (Lipinski definition) is 4. The van der Waals surface area contributed by atoms with Gasteiger partial charge in [0, 0.05) is 33.0 Å². The van der Waals surface area contributed by atoms with E-state index < -0.39 is 36.6 Å². The number of piperidine rings is 1. The molecule has 28 heavy (non-hydrogen) atoms. The summed E-state index contributed by atoms with van der Waals surface area (Å²) in [5, 5.41) is 29.5. The lowest BCUT2D eigenvalue weighted by Gasteiger charge is -2.40. The molecule has 5 N–H and O–H groups in total. The molecule has 0 aromatic carbocycles. The summed E-state index contributed by atoms with van der Waals surface area (Å²) in [6.45, 7) is 2.47. The number of carbonyl (C=O) groups excluding carboxylic acids is 2. The predicted molar refractivity (Wildman–Crippen MR) is 96.9 cm³/mol. The maximum Gasteiger partial charge on any atom is 0.302 e. The fourth-order valence-electron chi connectivity index (χ4n) is 3.29. The average molecular weight is 404 g/mol. The van der Waals surface area contributed by atoms with Crippen molar-refractivity contribution >= 4 is 11.9 Å². The van der Waals surface area contributed by atoms with Crippen molar-refractivity contribution in [2.45, 2.75) is 75.8 Å². The zero-order valence-corrected chi connectivity index (χ0v) is 16.2. The molecular weight excluding hydrogens is 372 g/mol. The van der Waals surface area contributed by atoms with E-state index in [9.17, 15) is 24.9 Å². The normalized spacial score (nSPS) is 31.6. The number of ether oxygens (including phenoxy) is 3. The molecule has 2 fully saturated rings. The minimum absolute atomic E-state index is 0.0671. The molecule has 0 radical (unpaired) electrons. The van der Waals surface area contributed by atoms with E-state index in [4.69, 9.17) is 19.9 Å². The van der Waals surface area contributed by atoms with Crippen LogP contribution in [0.4, 0.5) is 0 Å². The van der Waals surface area contributed by atoms with E-state index in [0.29, 0.717) is 45.2 Å². The van der Waals surface area contributed by atoms with Crippen LogP contribution >= 0.6 is 0 Å². The van der Waals surface area contributed by atoms with Gasteiger partial charge in [0.05, 0.1) is 12.1 Å². The number of nitrogens with two attached hydrogens (primary N) is 1. The molecule has 0 aliphatic carbocycles. The van der Waals surface area contributed by atoms with Crippen molar-refractivity contribution in [3.63, 3.8) is 0 Å². The van der Waals surface area contributed by atoms with Crippen molar-refractivity contribution in [1.82, 2.24) is 4.90 Å². The van der Waals surface area contributed by atoms with Crippen LogP contribution in [0.3, 0.4) is 0 Å². The SMILES string of the molecule is CC(=O)OCC1O[C@@H](OCCCCC(=O)N2CCC(O)CC2)[C@@H](N)C(O)[C@H]1O. The number of amides is 1. The predicted octanol–water partition coefficient (Wildman–Crippen LogP) is -1.51. The number of rotatable bonds is 8. The Hall–Kier alpha value is -1.30. The second-order valence-corrected chi connectivity index (χ2v) is 7.34. The number of aliphatic hydroxyl groups excluding tert-OH is 3. The van der Waals surface area contributed by atoms with Crippen LogP contribution in [0.1, 0.15) is 39.0 Å². The molecule has 2 heterocycles. The summed E-state index contributed by atoms with van der Waals surface area (Å²) >= 11 is 0. The second kappa shape index (κ2) is 11.0. The van der Waals surface area contributed by atoms with Crippen LogP contribution in [-0.2, 0) is 23.8 Å². The Morgan fingerprint density at radius 2 is 1.82 bits per heavy atom. The van der Waals surface area contributed by atoms with E-state index >= 15 is 0 Å². The van der Waals surface area contributed by atoms with Gasteiger partial charge in [-0.05, 0) is 25.7 Å². The van der Waals surface area contributed by atoms with Gasteiger partial charge in [0.15, 0.2) is 6.29 Å². The monoisotopic (exact) mass is 404 g/mol. The zero-order valence-electron chi connectivity index (χ0n) is 16.2. The minimum Gasteiger partial charge on any atom is -0.463 e. The molecular formula is C18H32N2O8. The van der Waals surface area contributed by atoms with Crippen LogP contribution in [-0.4, -0.2) is 95.1 Å². The third-order valence-electron chi connectivity index (χ3n) is 5.08. The molecule has 0 saturated carbocycles. The first-order chi connectivity index (χ1) is 13.3. The van der Waals surface area contributed by atoms with Gasteiger partial charge in [0.25, 0.3) is 0 Å². The first-order valence-corrected chi connectivity index (χ1v) is 9.77. The third kappa shape index (κ3) is 6.64. The fourth-order valence-corrected chi connectivity index (χ4v) is 3.29. The molecule has 2 unspecified atom stereocenters. The number of nitrogens with zero attached hydrogens (tertiary/aromatic N) is 1. The van der Waals surface area contributed by atoms with Crippen molar-refractivity contribution in [2.24, 2.45) is 5.73 Å². The summed E-state index contributed by atoms with van der Waals surface area (Å²) in [6.07, 6.45) is -1.88. The highest BCUT2D eigenvalue weighted by atomic mass is 16.7. The number of unbranched alkanes of at least 4 members (excludes halogenated alkanes) is 1. The Morgan fingerprint density at radius 3 is 2.46 bits per heavy atom. The summed E-state index contributed by atoms with van der Waals surface area (Å²) < 4.78 is 15.9. The lowest BCUT2D eigenvalue weighted by molar-refractivity contribution is -0.267. The van der Waals surface area contributed by atoms with Gasteiger partial charge in [-0.3, -0.25) is 9.59 Å². The molecule has 0 aromatic heterocycles. The molecule has 2 rings (SSSR count). The van der Waals surface area contributed by atoms with Crippen LogP contribution in [0, 0.1) is 0 Å². The molecule has 0 bridgehead atoms. The van der Waals surface area contributed by atoms with Crippen molar-refractivity contribution in [3.8, 4) is 0 Å². The quantitative estimate of drug-likeness (QED) is 0.279. The average Bonchev–Trinajstić information content (AvgIpc) is 2.66. The minimum atomic E-state index is -1.28. The van der Waals surface area contributed by atoms with E-state index in [-0.39, 0.29) is 25.2 Å². The molecule has 10 nitrogen and oxygen atoms in total. The topological polar surface area (TPSA) is 152 Å². The highest BCUT2D eigenvalue weighted by Gasteiger charge is 2.43. The maximum atomic E-state index is 12.1. The van der Waals surface area contributed by atoms with Crippen molar-refractivity contribution in [3.05, 3.63) is 0 Å². The van der Waals surface area contributed by atoms with Gasteiger partial charge in [-0.1, -0.05) is 0 Å². The number of aliphatic hydroxyl groups is 3. The van der Waals surface area contributed by atoms with Gasteiger partial charge in [0.1, 0.15) is 24.9 Å². The van der Waals surface area contributed by atoms with Crippen molar-refractivity contribution < 1.29 is 39.1 Å². The number of carbonyl (C=O) groups is 2. The van der Waals surface area contributed by atoms with Crippen LogP contribution < -0.4 is 5.73 Å². The number of esters is 1. The van der Waals surface area contributed by atoms with Crippen LogP contribution in [0.5, 0.6) is 0 Å². The Kier molecular flexibility index (Phi) is 9.06. The summed E-state index contributed by atoms with van der Waals surface area (Å²) in [5.74, 6) is -0.456. The van der Waals surface area contributed by atoms with Gasteiger partial charge in [-0.2, -0.15) is 0 Å². The summed E-state index contributed by atoms with van der Waals surface area (Å²) in [6, 6.07) is -0.940. The number of hydrogen-bond acceptors (Lipinski definition) is 9. The standard InChI is InChI=1S/C18H32N2O8/c1-11(21)27-10-13-16(24)17(25)15(19)18(28-13)26-9-3-2-4-14(23)20-7-5-12(22)6-8-20/h12-13,15-18,22,24-25H,2-10,19H2,1H3/t13?,15-,16-,17?,18+/m0/s1. The van der Waals surface area contributed by atoms with Gasteiger partial charge in [0.2, 0.25) is 5.91 Å². The molecule has 2 aliphatic rings. The van der Waals surface area contributed by atoms with E-state index in [2.05, 4.69) is 0 Å². The first-order valence-electron chi connectivity index (χ1n) is 9.77. The Morgan fingerprint density at radius 1 is 1.14 bits per heavy atom. The van der Waals surface area contributed by atoms with E-state index in [1.807, 2.05) is 0 Å². The molecule has 162 valence electrons. The van der Waals surface area contributed by atoms with Gasteiger partial charge in [-0.25, -0.2) is 0 Å². The molecule has 2 saturated heterocycles. The van der Waals surface area contributed by atoms with Crippen LogP contribution in [0.15, 0.2) is 0 Å². The van der Waals surface area contributed by atoms with Crippen LogP contribution in [0.2, 0.25) is 0 Å². The van der Waals surface area contributed by atoms with E-state index in [0.717, 1.165) is 0 Å². The highest BCUT2D eigenvalue weighted by Crippen LogP contribution is 2.21. The fraction of sp³-hybridized carbons (Fsp3) is 0.889. The van der Waals surface area contributed by atoms with E-state index in [1.54, 1.807) is 4.90 Å². The van der Waals surface area contributed by atoms with Gasteiger partial charge in [-0.15, -0.1) is 0 Å². The zero-order chi connectivity index (χ0) is 20.7. The smallest absolute Gasteiger partial charge is 0.302 e. The van der Waals surface area contributed by atoms with Gasteiger partial charge >= 0.3 is 5.97 Å². The molecule has 10 heteroatoms. The number of likely N-dealkylation sites (tertiary alicyclic amines) is 1. The lowest BCUT2D eigenvalue weighted by atomic mass is 9.98. The highest BCUT2D eigenvalue weighted by molar-refractivity contribution is 5.76. The molecule has 0 spiro atoms. The molecule has 2 aliphatic heterocycles. The first kappa shape index (κ1) is 23.0.